The number of aryl methyl sites for hydroxylation is 2. The van der Waals surface area contributed by atoms with E-state index in [0.29, 0.717) is 0 Å². The molecule has 0 saturated heterocycles. The summed E-state index contributed by atoms with van der Waals surface area (Å²) in [5, 5.41) is 30.6. The van der Waals surface area contributed by atoms with Gasteiger partial charge in [0.05, 0.1) is 9.79 Å². The van der Waals surface area contributed by atoms with Crippen molar-refractivity contribution < 1.29 is 10.2 Å². The summed E-state index contributed by atoms with van der Waals surface area (Å²) in [6.07, 6.45) is 1.71. The van der Waals surface area contributed by atoms with Crippen molar-refractivity contribution in [3.8, 4) is 33.8 Å². The molecule has 0 heterocycles. The summed E-state index contributed by atoms with van der Waals surface area (Å²) in [6, 6.07) is 20.4. The molecule has 0 unspecified atom stereocenters. The van der Waals surface area contributed by atoms with Crippen molar-refractivity contribution in [2.75, 3.05) is 0 Å². The van der Waals surface area contributed by atoms with Crippen LogP contribution in [0.1, 0.15) is 25.0 Å². The molecule has 0 aliphatic carbocycles. The van der Waals surface area contributed by atoms with Gasteiger partial charge in [-0.15, -0.1) is 0 Å². The van der Waals surface area contributed by atoms with Crippen molar-refractivity contribution in [1.29, 1.82) is 0 Å². The van der Waals surface area contributed by atoms with Gasteiger partial charge in [-0.05, 0) is 69.9 Å². The highest BCUT2D eigenvalue weighted by Crippen LogP contribution is 2.53. The summed E-state index contributed by atoms with van der Waals surface area (Å²) in [5.74, 6) is 0.407. The number of phenolic OH excluding ortho intramolecular Hbond substituents is 2. The minimum atomic E-state index is 0.203. The smallest absolute Gasteiger partial charge is 0.138 e. The van der Waals surface area contributed by atoms with Crippen LogP contribution in [-0.4, -0.2) is 10.2 Å². The maximum atomic E-state index is 11.7. The second-order valence-corrected chi connectivity index (χ2v) is 14.2. The molecule has 0 spiro atoms. The van der Waals surface area contributed by atoms with Gasteiger partial charge < -0.3 is 10.2 Å². The summed E-state index contributed by atoms with van der Waals surface area (Å²) < 4.78 is 0. The lowest BCUT2D eigenvalue weighted by atomic mass is 10.0. The van der Waals surface area contributed by atoms with Crippen LogP contribution in [0.4, 0.5) is 0 Å². The van der Waals surface area contributed by atoms with Gasteiger partial charge in [0.15, 0.2) is 0 Å². The Morgan fingerprint density at radius 1 is 0.535 bits per heavy atom. The van der Waals surface area contributed by atoms with Crippen molar-refractivity contribution in [2.45, 2.75) is 56.1 Å². The summed E-state index contributed by atoms with van der Waals surface area (Å²) in [7, 11) is 0. The molecule has 43 heavy (non-hydrogen) atoms. The zero-order chi connectivity index (χ0) is 30.9. The molecular formula is C36H34O2S5. The summed E-state index contributed by atoms with van der Waals surface area (Å²) in [5.41, 5.74) is 5.74. The van der Waals surface area contributed by atoms with Crippen LogP contribution in [0.25, 0.3) is 22.3 Å². The van der Waals surface area contributed by atoms with Gasteiger partial charge in [-0.3, -0.25) is 0 Å². The molecule has 0 aromatic heterocycles. The van der Waals surface area contributed by atoms with E-state index in [1.54, 1.807) is 34.3 Å². The maximum absolute atomic E-state index is 11.7. The zero-order valence-electron chi connectivity index (χ0n) is 24.3. The highest BCUT2D eigenvalue weighted by atomic mass is 32.2. The van der Waals surface area contributed by atoms with Crippen LogP contribution < -0.4 is 0 Å². The Kier molecular flexibility index (Phi) is 12.1. The SMILES string of the molecule is C=CSc1ccc(Sc2ccc(SC=C)c(O)c2-c2cccc(CC)c2SC=C)c(-c2cccc(CC)c2SC=C)c1O. The predicted molar refractivity (Wildman–Crippen MR) is 194 cm³/mol. The molecule has 4 aromatic carbocycles. The molecule has 4 rings (SSSR count). The molecule has 0 bridgehead atoms. The van der Waals surface area contributed by atoms with Gasteiger partial charge in [0.2, 0.25) is 0 Å². The molecule has 220 valence electrons. The van der Waals surface area contributed by atoms with Crippen molar-refractivity contribution >= 4 is 58.8 Å². The lowest BCUT2D eigenvalue weighted by Gasteiger charge is -2.21. The maximum Gasteiger partial charge on any atom is 0.138 e. The second kappa shape index (κ2) is 15.8. The third-order valence-electron chi connectivity index (χ3n) is 6.74. The number of aromatic hydroxyl groups is 2. The minimum Gasteiger partial charge on any atom is -0.506 e. The highest BCUT2D eigenvalue weighted by molar-refractivity contribution is 8.03. The Balaban J connectivity index is 2.03. The molecule has 0 atom stereocenters. The molecule has 2 N–H and O–H groups in total. The van der Waals surface area contributed by atoms with Crippen LogP contribution in [-0.2, 0) is 12.8 Å². The van der Waals surface area contributed by atoms with Gasteiger partial charge in [0, 0.05) is 41.8 Å². The lowest BCUT2D eigenvalue weighted by Crippen LogP contribution is -1.95. The van der Waals surface area contributed by atoms with E-state index in [2.05, 4.69) is 64.4 Å². The predicted octanol–water partition coefficient (Wildman–Crippen LogP) is 12.7. The monoisotopic (exact) mass is 658 g/mol. The third-order valence-corrected chi connectivity index (χ3v) is 11.1. The van der Waals surface area contributed by atoms with E-state index in [4.69, 9.17) is 0 Å². The Morgan fingerprint density at radius 2 is 0.907 bits per heavy atom. The van der Waals surface area contributed by atoms with Crippen LogP contribution in [0, 0.1) is 0 Å². The average Bonchev–Trinajstić information content (AvgIpc) is 3.01. The van der Waals surface area contributed by atoms with Crippen molar-refractivity contribution in [2.24, 2.45) is 0 Å². The summed E-state index contributed by atoms with van der Waals surface area (Å²) in [4.78, 5) is 5.34. The van der Waals surface area contributed by atoms with Crippen LogP contribution in [0.2, 0.25) is 0 Å². The number of hydrogen-bond donors (Lipinski definition) is 2. The first kappa shape index (κ1) is 33.1. The molecule has 0 aliphatic rings. The second-order valence-electron chi connectivity index (χ2n) is 9.11. The Bertz CT molecular complexity index is 1550. The van der Waals surface area contributed by atoms with E-state index < -0.39 is 0 Å². The molecule has 0 radical (unpaired) electrons. The summed E-state index contributed by atoms with van der Waals surface area (Å²) in [6.45, 7) is 19.9. The van der Waals surface area contributed by atoms with E-state index in [9.17, 15) is 10.2 Å². The number of rotatable bonds is 14. The fraction of sp³-hybridized carbons (Fsp3) is 0.111. The van der Waals surface area contributed by atoms with E-state index >= 15 is 0 Å². The van der Waals surface area contributed by atoms with Gasteiger partial charge in [-0.2, -0.15) is 0 Å². The molecule has 4 aromatic rings. The fourth-order valence-electron chi connectivity index (χ4n) is 4.85. The quantitative estimate of drug-likeness (QED) is 0.131. The van der Waals surface area contributed by atoms with E-state index in [1.165, 1.54) is 46.4 Å². The van der Waals surface area contributed by atoms with Crippen LogP contribution >= 0.6 is 58.8 Å². The van der Waals surface area contributed by atoms with E-state index in [-0.39, 0.29) is 11.5 Å². The molecule has 0 aliphatic heterocycles. The number of thioether (sulfide) groups is 4. The molecule has 0 saturated carbocycles. The largest absolute Gasteiger partial charge is 0.506 e. The normalized spacial score (nSPS) is 10.8. The van der Waals surface area contributed by atoms with Gasteiger partial charge >= 0.3 is 0 Å². The Morgan fingerprint density at radius 3 is 1.26 bits per heavy atom. The number of phenols is 2. The first-order chi connectivity index (χ1) is 20.9. The Hall–Kier alpha value is -2.81. The lowest BCUT2D eigenvalue weighted by molar-refractivity contribution is 0.463. The average molecular weight is 659 g/mol. The van der Waals surface area contributed by atoms with Crippen molar-refractivity contribution in [3.63, 3.8) is 0 Å². The van der Waals surface area contributed by atoms with Crippen LogP contribution in [0.5, 0.6) is 11.5 Å². The molecular weight excluding hydrogens is 625 g/mol. The molecule has 2 nitrogen and oxygen atoms in total. The van der Waals surface area contributed by atoms with Gasteiger partial charge in [-0.1, -0.05) is 135 Å². The fourth-order valence-corrected chi connectivity index (χ4v) is 8.71. The number of benzene rings is 4. The standard InChI is InChI=1S/C36H34O2S5/c1-7-23-15-13-17-25(35(23)41-11-5)31-27(19-21-29(33(31)37)39-9-3)43-28-20-22-30(40-10-4)34(38)32(28)26-18-14-16-24(8-2)36(26)42-12-6/h9-22,37-38H,3-8H2,1-2H3. The summed E-state index contributed by atoms with van der Waals surface area (Å²) >= 11 is 7.44. The van der Waals surface area contributed by atoms with Gasteiger partial charge in [0.25, 0.3) is 0 Å². The molecule has 0 amide bonds. The minimum absolute atomic E-state index is 0.203. The zero-order valence-corrected chi connectivity index (χ0v) is 28.3. The Labute approximate surface area is 276 Å². The first-order valence-corrected chi connectivity index (χ1v) is 18.0. The van der Waals surface area contributed by atoms with Gasteiger partial charge in [-0.25, -0.2) is 0 Å². The topological polar surface area (TPSA) is 40.5 Å². The van der Waals surface area contributed by atoms with Crippen LogP contribution in [0.15, 0.2) is 138 Å². The molecule has 7 heteroatoms. The van der Waals surface area contributed by atoms with Crippen LogP contribution in [0.3, 0.4) is 0 Å². The van der Waals surface area contributed by atoms with Crippen molar-refractivity contribution in [3.05, 3.63) is 120 Å². The highest BCUT2D eigenvalue weighted by Gasteiger charge is 2.24. The molecule has 0 fully saturated rings. The van der Waals surface area contributed by atoms with Gasteiger partial charge in [0.1, 0.15) is 11.5 Å². The third kappa shape index (κ3) is 7.13. The van der Waals surface area contributed by atoms with E-state index in [0.717, 1.165) is 64.5 Å². The number of hydrogen-bond acceptors (Lipinski definition) is 7. The van der Waals surface area contributed by atoms with Crippen molar-refractivity contribution in [1.82, 2.24) is 0 Å². The first-order valence-electron chi connectivity index (χ1n) is 13.7. The van der Waals surface area contributed by atoms with E-state index in [1.807, 2.05) is 47.2 Å².